The summed E-state index contributed by atoms with van der Waals surface area (Å²) in [5.41, 5.74) is 1.60. The Kier molecular flexibility index (Phi) is 7.49. The standard InChI is InChI=1S/C20H24N2O5/c1-4-25-17-12-11-16(13-18(17)26-5-2)21-19(23)14-7-9-15(10-8-14)22-20(24)27-6-3/h7-13H,4-6H2,1-3H3,(H,21,23)(H,22,24). The summed E-state index contributed by atoms with van der Waals surface area (Å²) in [6.45, 7) is 6.81. The second-order valence-corrected chi connectivity index (χ2v) is 5.40. The lowest BCUT2D eigenvalue weighted by atomic mass is 10.2. The summed E-state index contributed by atoms with van der Waals surface area (Å²) in [5, 5.41) is 5.40. The molecule has 0 unspecified atom stereocenters. The maximum atomic E-state index is 12.4. The van der Waals surface area contributed by atoms with Gasteiger partial charge in [0.2, 0.25) is 0 Å². The Morgan fingerprint density at radius 2 is 1.41 bits per heavy atom. The van der Waals surface area contributed by atoms with Crippen molar-refractivity contribution in [2.24, 2.45) is 0 Å². The van der Waals surface area contributed by atoms with E-state index in [1.54, 1.807) is 49.4 Å². The number of anilines is 2. The van der Waals surface area contributed by atoms with Gasteiger partial charge in [0.05, 0.1) is 19.8 Å². The molecule has 2 aromatic rings. The number of amides is 2. The maximum absolute atomic E-state index is 12.4. The first-order valence-electron chi connectivity index (χ1n) is 8.82. The summed E-state index contributed by atoms with van der Waals surface area (Å²) in [5.74, 6) is 0.933. The molecule has 0 spiro atoms. The molecule has 144 valence electrons. The number of benzene rings is 2. The summed E-state index contributed by atoms with van der Waals surface area (Å²) in [7, 11) is 0. The Bertz CT molecular complexity index is 774. The smallest absolute Gasteiger partial charge is 0.411 e. The third-order valence-corrected chi connectivity index (χ3v) is 3.47. The van der Waals surface area contributed by atoms with Crippen molar-refractivity contribution < 1.29 is 23.8 Å². The predicted molar refractivity (Wildman–Crippen MR) is 104 cm³/mol. The zero-order valence-electron chi connectivity index (χ0n) is 15.7. The van der Waals surface area contributed by atoms with E-state index in [0.717, 1.165) is 0 Å². The van der Waals surface area contributed by atoms with E-state index in [9.17, 15) is 9.59 Å². The zero-order chi connectivity index (χ0) is 19.6. The van der Waals surface area contributed by atoms with Gasteiger partial charge in [0, 0.05) is 23.0 Å². The molecule has 0 radical (unpaired) electrons. The zero-order valence-corrected chi connectivity index (χ0v) is 15.7. The van der Waals surface area contributed by atoms with Crippen LogP contribution >= 0.6 is 0 Å². The number of nitrogens with one attached hydrogen (secondary N) is 2. The topological polar surface area (TPSA) is 85.9 Å². The SMILES string of the molecule is CCOC(=O)Nc1ccc(C(=O)Nc2ccc(OCC)c(OCC)c2)cc1. The van der Waals surface area contributed by atoms with Crippen LogP contribution < -0.4 is 20.1 Å². The number of rotatable bonds is 8. The highest BCUT2D eigenvalue weighted by Crippen LogP contribution is 2.30. The molecule has 2 rings (SSSR count). The van der Waals surface area contributed by atoms with Gasteiger partial charge in [-0.15, -0.1) is 0 Å². The number of ether oxygens (including phenoxy) is 3. The molecular weight excluding hydrogens is 348 g/mol. The van der Waals surface area contributed by atoms with Crippen LogP contribution in [-0.2, 0) is 4.74 Å². The molecule has 2 N–H and O–H groups in total. The number of carbonyl (C=O) groups excluding carboxylic acids is 2. The molecule has 7 nitrogen and oxygen atoms in total. The van der Waals surface area contributed by atoms with E-state index in [1.165, 1.54) is 0 Å². The Hall–Kier alpha value is -3.22. The molecule has 0 aliphatic carbocycles. The third kappa shape index (κ3) is 5.91. The highest BCUT2D eigenvalue weighted by molar-refractivity contribution is 6.04. The molecule has 0 aliphatic heterocycles. The van der Waals surface area contributed by atoms with Gasteiger partial charge in [-0.2, -0.15) is 0 Å². The number of carbonyl (C=O) groups is 2. The van der Waals surface area contributed by atoms with E-state index in [-0.39, 0.29) is 12.5 Å². The lowest BCUT2D eigenvalue weighted by molar-refractivity contribution is 0.102. The predicted octanol–water partition coefficient (Wildman–Crippen LogP) is 4.30. The normalized spacial score (nSPS) is 10.0. The summed E-state index contributed by atoms with van der Waals surface area (Å²) >= 11 is 0. The Morgan fingerprint density at radius 1 is 0.778 bits per heavy atom. The van der Waals surface area contributed by atoms with Gasteiger partial charge in [-0.05, 0) is 57.2 Å². The van der Waals surface area contributed by atoms with E-state index in [2.05, 4.69) is 10.6 Å². The lowest BCUT2D eigenvalue weighted by Crippen LogP contribution is -2.14. The van der Waals surface area contributed by atoms with Gasteiger partial charge in [0.1, 0.15) is 0 Å². The van der Waals surface area contributed by atoms with Gasteiger partial charge in [-0.25, -0.2) is 4.79 Å². The van der Waals surface area contributed by atoms with Crippen LogP contribution in [0.25, 0.3) is 0 Å². The van der Waals surface area contributed by atoms with E-state index in [1.807, 2.05) is 13.8 Å². The molecule has 27 heavy (non-hydrogen) atoms. The highest BCUT2D eigenvalue weighted by atomic mass is 16.5. The molecule has 7 heteroatoms. The third-order valence-electron chi connectivity index (χ3n) is 3.47. The van der Waals surface area contributed by atoms with Gasteiger partial charge in [-0.1, -0.05) is 0 Å². The largest absolute Gasteiger partial charge is 0.490 e. The number of hydrogen-bond donors (Lipinski definition) is 2. The second-order valence-electron chi connectivity index (χ2n) is 5.40. The average molecular weight is 372 g/mol. The lowest BCUT2D eigenvalue weighted by Gasteiger charge is -2.13. The van der Waals surface area contributed by atoms with Gasteiger partial charge in [0.25, 0.3) is 5.91 Å². The van der Waals surface area contributed by atoms with Crippen LogP contribution in [-0.4, -0.2) is 31.8 Å². The molecule has 0 aliphatic rings. The second kappa shape index (κ2) is 10.1. The van der Waals surface area contributed by atoms with E-state index in [4.69, 9.17) is 14.2 Å². The van der Waals surface area contributed by atoms with Gasteiger partial charge in [-0.3, -0.25) is 10.1 Å². The van der Waals surface area contributed by atoms with E-state index >= 15 is 0 Å². The Labute approximate surface area is 158 Å². The molecule has 0 bridgehead atoms. The monoisotopic (exact) mass is 372 g/mol. The minimum Gasteiger partial charge on any atom is -0.490 e. The van der Waals surface area contributed by atoms with Gasteiger partial charge < -0.3 is 19.5 Å². The summed E-state index contributed by atoms with van der Waals surface area (Å²) < 4.78 is 15.9. The van der Waals surface area contributed by atoms with Crippen molar-refractivity contribution in [3.05, 3.63) is 48.0 Å². The molecule has 2 amide bonds. The van der Waals surface area contributed by atoms with E-state index < -0.39 is 6.09 Å². The fourth-order valence-electron chi connectivity index (χ4n) is 2.32. The number of hydrogen-bond acceptors (Lipinski definition) is 5. The van der Waals surface area contributed by atoms with Crippen LogP contribution in [0.1, 0.15) is 31.1 Å². The van der Waals surface area contributed by atoms with Crippen LogP contribution in [0.2, 0.25) is 0 Å². The molecule has 0 aromatic heterocycles. The van der Waals surface area contributed by atoms with Crippen molar-refractivity contribution in [2.45, 2.75) is 20.8 Å². The minimum absolute atomic E-state index is 0.274. The summed E-state index contributed by atoms with van der Waals surface area (Å²) in [6, 6.07) is 11.7. The molecule has 2 aromatic carbocycles. The maximum Gasteiger partial charge on any atom is 0.411 e. The molecular formula is C20H24N2O5. The van der Waals surface area contributed by atoms with Gasteiger partial charge >= 0.3 is 6.09 Å². The molecule has 0 heterocycles. The molecule has 0 saturated heterocycles. The van der Waals surface area contributed by atoms with Gasteiger partial charge in [0.15, 0.2) is 11.5 Å². The highest BCUT2D eigenvalue weighted by Gasteiger charge is 2.11. The fraction of sp³-hybridized carbons (Fsp3) is 0.300. The first-order chi connectivity index (χ1) is 13.1. The average Bonchev–Trinajstić information content (AvgIpc) is 2.65. The van der Waals surface area contributed by atoms with Crippen molar-refractivity contribution >= 4 is 23.4 Å². The first kappa shape index (κ1) is 20.1. The minimum atomic E-state index is -0.535. The van der Waals surface area contributed by atoms with Crippen molar-refractivity contribution in [1.82, 2.24) is 0 Å². The Balaban J connectivity index is 2.06. The van der Waals surface area contributed by atoms with Crippen molar-refractivity contribution in [2.75, 3.05) is 30.5 Å². The Morgan fingerprint density at radius 3 is 2.04 bits per heavy atom. The molecule has 0 atom stereocenters. The van der Waals surface area contributed by atoms with Crippen LogP contribution in [0, 0.1) is 0 Å². The molecule has 0 fully saturated rings. The summed E-state index contributed by atoms with van der Waals surface area (Å²) in [6.07, 6.45) is -0.535. The summed E-state index contributed by atoms with van der Waals surface area (Å²) in [4.78, 5) is 23.8. The van der Waals surface area contributed by atoms with E-state index in [0.29, 0.717) is 41.7 Å². The van der Waals surface area contributed by atoms with Crippen LogP contribution in [0.5, 0.6) is 11.5 Å². The van der Waals surface area contributed by atoms with Crippen molar-refractivity contribution in [3.63, 3.8) is 0 Å². The quantitative estimate of drug-likeness (QED) is 0.721. The van der Waals surface area contributed by atoms with Crippen molar-refractivity contribution in [1.29, 1.82) is 0 Å². The molecule has 0 saturated carbocycles. The van der Waals surface area contributed by atoms with Crippen LogP contribution in [0.3, 0.4) is 0 Å². The van der Waals surface area contributed by atoms with Crippen LogP contribution in [0.4, 0.5) is 16.2 Å². The van der Waals surface area contributed by atoms with Crippen molar-refractivity contribution in [3.8, 4) is 11.5 Å². The van der Waals surface area contributed by atoms with Crippen LogP contribution in [0.15, 0.2) is 42.5 Å². The first-order valence-corrected chi connectivity index (χ1v) is 8.82. The fourth-order valence-corrected chi connectivity index (χ4v) is 2.32.